The summed E-state index contributed by atoms with van der Waals surface area (Å²) in [5.74, 6) is 0.215. The molecule has 1 heteroatoms. The summed E-state index contributed by atoms with van der Waals surface area (Å²) in [5.41, 5.74) is 2.19. The smallest absolute Gasteiger partial charge is 0.155 e. The number of carbonyl (C=O) groups excluding carboxylic acids is 1. The number of hydrogen-bond acceptors (Lipinski definition) is 1. The molecular formula is C9H12O. The molecule has 0 saturated heterocycles. The van der Waals surface area contributed by atoms with Crippen LogP contribution in [0.1, 0.15) is 26.7 Å². The van der Waals surface area contributed by atoms with Gasteiger partial charge in [-0.1, -0.05) is 17.7 Å². The summed E-state index contributed by atoms with van der Waals surface area (Å²) < 4.78 is 0. The Morgan fingerprint density at radius 1 is 1.60 bits per heavy atom. The third-order valence-electron chi connectivity index (χ3n) is 1.73. The average molecular weight is 136 g/mol. The maximum atomic E-state index is 10.8. The van der Waals surface area contributed by atoms with Crippen molar-refractivity contribution in [3.05, 3.63) is 23.3 Å². The fraction of sp³-hybridized carbons (Fsp3) is 0.444. The van der Waals surface area contributed by atoms with Crippen LogP contribution in [0.4, 0.5) is 0 Å². The van der Waals surface area contributed by atoms with Crippen LogP contribution in [0.2, 0.25) is 0 Å². The van der Waals surface area contributed by atoms with Crippen LogP contribution in [0.15, 0.2) is 23.3 Å². The first-order chi connectivity index (χ1) is 4.70. The number of allylic oxidation sites excluding steroid dienone is 4. The van der Waals surface area contributed by atoms with Crippen molar-refractivity contribution in [3.63, 3.8) is 0 Å². The van der Waals surface area contributed by atoms with Gasteiger partial charge in [-0.3, -0.25) is 4.79 Å². The molecule has 0 saturated carbocycles. The largest absolute Gasteiger partial charge is 0.295 e. The van der Waals surface area contributed by atoms with Crippen LogP contribution < -0.4 is 0 Å². The Bertz CT molecular complexity index is 209. The molecule has 1 aliphatic rings. The van der Waals surface area contributed by atoms with Crippen molar-refractivity contribution in [2.75, 3.05) is 0 Å². The van der Waals surface area contributed by atoms with E-state index in [0.29, 0.717) is 0 Å². The van der Waals surface area contributed by atoms with E-state index in [1.165, 1.54) is 5.57 Å². The summed E-state index contributed by atoms with van der Waals surface area (Å²) in [7, 11) is 0. The quantitative estimate of drug-likeness (QED) is 0.540. The second-order valence-electron chi connectivity index (χ2n) is 2.71. The predicted molar refractivity (Wildman–Crippen MR) is 41.8 cm³/mol. The number of rotatable bonds is 1. The van der Waals surface area contributed by atoms with Crippen molar-refractivity contribution in [2.45, 2.75) is 26.7 Å². The molecular weight excluding hydrogens is 124 g/mol. The molecule has 1 nitrogen and oxygen atoms in total. The molecule has 0 spiro atoms. The van der Waals surface area contributed by atoms with E-state index in [1.54, 1.807) is 6.92 Å². The number of ketones is 1. The Kier molecular flexibility index (Phi) is 2.05. The van der Waals surface area contributed by atoms with Crippen LogP contribution >= 0.6 is 0 Å². The van der Waals surface area contributed by atoms with Gasteiger partial charge >= 0.3 is 0 Å². The van der Waals surface area contributed by atoms with Gasteiger partial charge in [0.2, 0.25) is 0 Å². The highest BCUT2D eigenvalue weighted by molar-refractivity contribution is 5.93. The lowest BCUT2D eigenvalue weighted by Crippen LogP contribution is -1.99. The number of Topliss-reactive ketones (excluding diaryl/α,β-unsaturated/α-hetero) is 1. The van der Waals surface area contributed by atoms with Gasteiger partial charge in [0.05, 0.1) is 0 Å². The fourth-order valence-corrected chi connectivity index (χ4v) is 1.14. The molecule has 10 heavy (non-hydrogen) atoms. The maximum Gasteiger partial charge on any atom is 0.155 e. The monoisotopic (exact) mass is 136 g/mol. The second-order valence-corrected chi connectivity index (χ2v) is 2.71. The highest BCUT2D eigenvalue weighted by atomic mass is 16.1. The molecule has 0 aromatic heterocycles. The molecule has 0 heterocycles. The van der Waals surface area contributed by atoms with Gasteiger partial charge in [-0.05, 0) is 32.3 Å². The number of hydrogen-bond donors (Lipinski definition) is 0. The molecule has 0 amide bonds. The molecule has 0 bridgehead atoms. The van der Waals surface area contributed by atoms with E-state index >= 15 is 0 Å². The molecule has 0 fully saturated rings. The van der Waals surface area contributed by atoms with Crippen molar-refractivity contribution >= 4 is 5.78 Å². The number of carbonyl (C=O) groups is 1. The summed E-state index contributed by atoms with van der Waals surface area (Å²) in [4.78, 5) is 10.8. The van der Waals surface area contributed by atoms with Gasteiger partial charge in [-0.15, -0.1) is 0 Å². The zero-order valence-corrected chi connectivity index (χ0v) is 6.48. The third-order valence-corrected chi connectivity index (χ3v) is 1.73. The van der Waals surface area contributed by atoms with Gasteiger partial charge in [-0.25, -0.2) is 0 Å². The lowest BCUT2D eigenvalue weighted by molar-refractivity contribution is -0.113. The molecule has 0 aliphatic heterocycles. The van der Waals surface area contributed by atoms with Crippen molar-refractivity contribution in [1.82, 2.24) is 0 Å². The Morgan fingerprint density at radius 3 is 2.70 bits per heavy atom. The molecule has 0 N–H and O–H groups in total. The predicted octanol–water partition coefficient (Wildman–Crippen LogP) is 2.24. The van der Waals surface area contributed by atoms with Gasteiger partial charge in [0.25, 0.3) is 0 Å². The van der Waals surface area contributed by atoms with Crippen LogP contribution in [-0.2, 0) is 4.79 Å². The topological polar surface area (TPSA) is 17.1 Å². The Morgan fingerprint density at radius 2 is 2.30 bits per heavy atom. The maximum absolute atomic E-state index is 10.8. The van der Waals surface area contributed by atoms with Crippen LogP contribution in [0, 0.1) is 0 Å². The van der Waals surface area contributed by atoms with Crippen molar-refractivity contribution in [1.29, 1.82) is 0 Å². The molecule has 54 valence electrons. The Hall–Kier alpha value is -0.850. The first-order valence-corrected chi connectivity index (χ1v) is 3.58. The van der Waals surface area contributed by atoms with Gasteiger partial charge in [0.15, 0.2) is 5.78 Å². The average Bonchev–Trinajstić information content (AvgIpc) is 1.88. The van der Waals surface area contributed by atoms with E-state index in [-0.39, 0.29) is 5.78 Å². The second kappa shape index (κ2) is 2.82. The van der Waals surface area contributed by atoms with Crippen LogP contribution in [0.3, 0.4) is 0 Å². The summed E-state index contributed by atoms with van der Waals surface area (Å²) >= 11 is 0. The molecule has 0 atom stereocenters. The highest BCUT2D eigenvalue weighted by Crippen LogP contribution is 2.16. The summed E-state index contributed by atoms with van der Waals surface area (Å²) in [6, 6.07) is 0. The van der Waals surface area contributed by atoms with Crippen LogP contribution in [-0.4, -0.2) is 5.78 Å². The minimum Gasteiger partial charge on any atom is -0.295 e. The Labute approximate surface area is 61.4 Å². The van der Waals surface area contributed by atoms with E-state index in [4.69, 9.17) is 0 Å². The van der Waals surface area contributed by atoms with Gasteiger partial charge < -0.3 is 0 Å². The van der Waals surface area contributed by atoms with Crippen molar-refractivity contribution < 1.29 is 4.79 Å². The molecule has 1 rings (SSSR count). The van der Waals surface area contributed by atoms with Gasteiger partial charge in [0.1, 0.15) is 0 Å². The summed E-state index contributed by atoms with van der Waals surface area (Å²) in [6.45, 7) is 3.66. The van der Waals surface area contributed by atoms with Gasteiger partial charge in [-0.2, -0.15) is 0 Å². The highest BCUT2D eigenvalue weighted by Gasteiger charge is 2.05. The minimum absolute atomic E-state index is 0.215. The van der Waals surface area contributed by atoms with E-state index < -0.39 is 0 Å². The van der Waals surface area contributed by atoms with Gasteiger partial charge in [0, 0.05) is 0 Å². The van der Waals surface area contributed by atoms with E-state index in [2.05, 4.69) is 6.08 Å². The third kappa shape index (κ3) is 1.56. The van der Waals surface area contributed by atoms with Crippen LogP contribution in [0.5, 0.6) is 0 Å². The zero-order valence-electron chi connectivity index (χ0n) is 6.48. The zero-order chi connectivity index (χ0) is 7.56. The van der Waals surface area contributed by atoms with E-state index in [1.807, 2.05) is 13.0 Å². The minimum atomic E-state index is 0.215. The normalized spacial score (nSPS) is 17.8. The van der Waals surface area contributed by atoms with Crippen LogP contribution in [0.25, 0.3) is 0 Å². The first-order valence-electron chi connectivity index (χ1n) is 3.58. The standard InChI is InChI=1S/C9H12O/c1-7-4-3-5-9(6-7)8(2)10/h4,6H,3,5H2,1-2H3. The first kappa shape index (κ1) is 7.26. The fourth-order valence-electron chi connectivity index (χ4n) is 1.14. The van der Waals surface area contributed by atoms with E-state index in [0.717, 1.165) is 18.4 Å². The SMILES string of the molecule is CC(=O)C1=CC(C)=CCC1. The van der Waals surface area contributed by atoms with Crippen molar-refractivity contribution in [3.8, 4) is 0 Å². The lowest BCUT2D eigenvalue weighted by Gasteiger charge is -2.07. The molecule has 1 aliphatic carbocycles. The lowest BCUT2D eigenvalue weighted by atomic mass is 9.98. The molecule has 0 radical (unpaired) electrons. The Balaban J connectivity index is 2.78. The molecule has 0 unspecified atom stereocenters. The summed E-state index contributed by atoms with van der Waals surface area (Å²) in [5, 5.41) is 0. The molecule has 0 aromatic rings. The molecule has 0 aromatic carbocycles. The summed E-state index contributed by atoms with van der Waals surface area (Å²) in [6.07, 6.45) is 6.09. The van der Waals surface area contributed by atoms with E-state index in [9.17, 15) is 4.79 Å². The van der Waals surface area contributed by atoms with Crippen molar-refractivity contribution in [2.24, 2.45) is 0 Å².